The molecule has 2 aromatic rings. The number of hydrogen-bond acceptors (Lipinski definition) is 5. The van der Waals surface area contributed by atoms with Crippen molar-refractivity contribution in [3.63, 3.8) is 0 Å². The van der Waals surface area contributed by atoms with Gasteiger partial charge < -0.3 is 4.90 Å². The summed E-state index contributed by atoms with van der Waals surface area (Å²) in [6.07, 6.45) is 0.583. The molecule has 0 radical (unpaired) electrons. The van der Waals surface area contributed by atoms with E-state index in [2.05, 4.69) is 14.3 Å². The van der Waals surface area contributed by atoms with Crippen LogP contribution >= 0.6 is 0 Å². The molecule has 0 heterocycles. The van der Waals surface area contributed by atoms with Crippen LogP contribution in [0.4, 0.5) is 10.1 Å². The van der Waals surface area contributed by atoms with Gasteiger partial charge in [0.1, 0.15) is 5.82 Å². The van der Waals surface area contributed by atoms with Gasteiger partial charge in [-0.2, -0.15) is 0 Å². The van der Waals surface area contributed by atoms with Crippen LogP contribution in [0.25, 0.3) is 0 Å². The van der Waals surface area contributed by atoms with E-state index in [0.717, 1.165) is 18.7 Å². The van der Waals surface area contributed by atoms with Crippen molar-refractivity contribution < 1.29 is 21.2 Å². The van der Waals surface area contributed by atoms with Gasteiger partial charge in [-0.3, -0.25) is 4.72 Å². The van der Waals surface area contributed by atoms with Crippen LogP contribution in [0.2, 0.25) is 0 Å². The third kappa shape index (κ3) is 7.39. The minimum absolute atomic E-state index is 0.202. The van der Waals surface area contributed by atoms with Crippen LogP contribution in [-0.4, -0.2) is 47.6 Å². The molecular formula is C19H26FN3O4S2. The van der Waals surface area contributed by atoms with E-state index >= 15 is 0 Å². The predicted octanol–water partition coefficient (Wildman–Crippen LogP) is 2.39. The molecule has 0 saturated carbocycles. The number of anilines is 1. The highest BCUT2D eigenvalue weighted by Gasteiger charge is 2.17. The van der Waals surface area contributed by atoms with E-state index in [1.807, 2.05) is 37.4 Å². The summed E-state index contributed by atoms with van der Waals surface area (Å²) in [7, 11) is -5.59. The van der Waals surface area contributed by atoms with Gasteiger partial charge in [0.05, 0.1) is 16.3 Å². The maximum atomic E-state index is 14.1. The Kier molecular flexibility index (Phi) is 8.14. The zero-order valence-corrected chi connectivity index (χ0v) is 18.1. The molecule has 0 spiro atoms. The van der Waals surface area contributed by atoms with Crippen LogP contribution < -0.4 is 9.44 Å². The SMILES string of the molecule is CCS(=O)(=O)Nc1ccc(S(=O)(=O)NCCCN(C)Cc2ccccc2)cc1F. The fraction of sp³-hybridized carbons (Fsp3) is 0.368. The second-order valence-corrected chi connectivity index (χ2v) is 10.4. The molecule has 0 fully saturated rings. The van der Waals surface area contributed by atoms with E-state index < -0.39 is 25.9 Å². The van der Waals surface area contributed by atoms with Crippen LogP contribution in [0.1, 0.15) is 18.9 Å². The molecule has 0 atom stereocenters. The molecule has 0 unspecified atom stereocenters. The molecule has 160 valence electrons. The quantitative estimate of drug-likeness (QED) is 0.520. The first-order valence-electron chi connectivity index (χ1n) is 9.15. The third-order valence-electron chi connectivity index (χ3n) is 4.20. The van der Waals surface area contributed by atoms with Crippen LogP contribution in [-0.2, 0) is 26.6 Å². The van der Waals surface area contributed by atoms with Gasteiger partial charge >= 0.3 is 0 Å². The highest BCUT2D eigenvalue weighted by Crippen LogP contribution is 2.20. The van der Waals surface area contributed by atoms with E-state index in [9.17, 15) is 21.2 Å². The monoisotopic (exact) mass is 443 g/mol. The largest absolute Gasteiger partial charge is 0.302 e. The molecule has 0 amide bonds. The van der Waals surface area contributed by atoms with Crippen molar-refractivity contribution in [3.8, 4) is 0 Å². The predicted molar refractivity (Wildman–Crippen MR) is 112 cm³/mol. The van der Waals surface area contributed by atoms with Crippen LogP contribution in [0.5, 0.6) is 0 Å². The Labute approximate surface area is 172 Å². The lowest BCUT2D eigenvalue weighted by Gasteiger charge is -2.17. The van der Waals surface area contributed by atoms with Crippen LogP contribution in [0.3, 0.4) is 0 Å². The van der Waals surface area contributed by atoms with Crippen LogP contribution in [0.15, 0.2) is 53.4 Å². The number of nitrogens with zero attached hydrogens (tertiary/aromatic N) is 1. The first kappa shape index (κ1) is 23.3. The summed E-state index contributed by atoms with van der Waals surface area (Å²) in [5.41, 5.74) is 0.887. The second-order valence-electron chi connectivity index (χ2n) is 6.62. The molecule has 0 aromatic heterocycles. The van der Waals surface area contributed by atoms with Crippen LogP contribution in [0, 0.1) is 5.82 Å². The first-order chi connectivity index (χ1) is 13.6. The lowest BCUT2D eigenvalue weighted by atomic mass is 10.2. The van der Waals surface area contributed by atoms with Crippen molar-refractivity contribution in [2.24, 2.45) is 0 Å². The summed E-state index contributed by atoms with van der Waals surface area (Å²) in [5.74, 6) is -1.17. The number of sulfonamides is 2. The first-order valence-corrected chi connectivity index (χ1v) is 12.3. The van der Waals surface area contributed by atoms with Crippen molar-refractivity contribution in [1.29, 1.82) is 0 Å². The van der Waals surface area contributed by atoms with Crippen molar-refractivity contribution in [2.75, 3.05) is 30.6 Å². The van der Waals surface area contributed by atoms with Gasteiger partial charge in [0.2, 0.25) is 20.0 Å². The number of hydrogen-bond donors (Lipinski definition) is 2. The minimum atomic E-state index is -3.89. The van der Waals surface area contributed by atoms with Gasteiger partial charge in [-0.1, -0.05) is 30.3 Å². The molecule has 0 saturated heterocycles. The molecular weight excluding hydrogens is 417 g/mol. The molecule has 2 rings (SSSR count). The fourth-order valence-electron chi connectivity index (χ4n) is 2.60. The van der Waals surface area contributed by atoms with Crippen molar-refractivity contribution >= 4 is 25.7 Å². The highest BCUT2D eigenvalue weighted by molar-refractivity contribution is 7.92. The Hall–Kier alpha value is -2.01. The molecule has 0 aliphatic heterocycles. The summed E-state index contributed by atoms with van der Waals surface area (Å²) >= 11 is 0. The van der Waals surface area contributed by atoms with Gasteiger partial charge in [0.15, 0.2) is 0 Å². The topological polar surface area (TPSA) is 95.6 Å². The van der Waals surface area contributed by atoms with E-state index in [0.29, 0.717) is 13.0 Å². The molecule has 2 aromatic carbocycles. The standard InChI is InChI=1S/C19H26FN3O4S2/c1-3-28(24,25)22-19-11-10-17(14-18(19)20)29(26,27)21-12-7-13-23(2)15-16-8-5-4-6-9-16/h4-6,8-11,14,21-22H,3,7,12-13,15H2,1-2H3. The molecule has 0 aliphatic rings. The summed E-state index contributed by atoms with van der Waals surface area (Å²) < 4.78 is 66.4. The molecule has 10 heteroatoms. The van der Waals surface area contributed by atoms with E-state index in [1.54, 1.807) is 0 Å². The zero-order valence-electron chi connectivity index (χ0n) is 16.4. The van der Waals surface area contributed by atoms with Gasteiger partial charge in [-0.15, -0.1) is 0 Å². The molecule has 29 heavy (non-hydrogen) atoms. The number of rotatable bonds is 11. The maximum Gasteiger partial charge on any atom is 0.240 e. The van der Waals surface area contributed by atoms with Crippen molar-refractivity contribution in [1.82, 2.24) is 9.62 Å². The van der Waals surface area contributed by atoms with Crippen molar-refractivity contribution in [3.05, 3.63) is 59.9 Å². The summed E-state index contributed by atoms with van der Waals surface area (Å²) in [5, 5.41) is 0. The van der Waals surface area contributed by atoms with Gasteiger partial charge in [0.25, 0.3) is 0 Å². The average Bonchev–Trinajstić information content (AvgIpc) is 2.67. The highest BCUT2D eigenvalue weighted by atomic mass is 32.2. The zero-order chi connectivity index (χ0) is 21.5. The molecule has 2 N–H and O–H groups in total. The fourth-order valence-corrected chi connectivity index (χ4v) is 4.33. The van der Waals surface area contributed by atoms with E-state index in [-0.39, 0.29) is 22.9 Å². The molecule has 0 bridgehead atoms. The third-order valence-corrected chi connectivity index (χ3v) is 6.95. The summed E-state index contributed by atoms with van der Waals surface area (Å²) in [6, 6.07) is 13.0. The number of nitrogens with one attached hydrogen (secondary N) is 2. The number of benzene rings is 2. The Bertz CT molecular complexity index is 1010. The van der Waals surface area contributed by atoms with Crippen molar-refractivity contribution in [2.45, 2.75) is 24.8 Å². The summed E-state index contributed by atoms with van der Waals surface area (Å²) in [6.45, 7) is 3.06. The smallest absolute Gasteiger partial charge is 0.240 e. The van der Waals surface area contributed by atoms with Gasteiger partial charge in [-0.05, 0) is 50.7 Å². The second kappa shape index (κ2) is 10.1. The Morgan fingerprint density at radius 1 is 1.03 bits per heavy atom. The molecule has 0 aliphatic carbocycles. The van der Waals surface area contributed by atoms with E-state index in [4.69, 9.17) is 0 Å². The Balaban J connectivity index is 1.88. The Morgan fingerprint density at radius 3 is 2.34 bits per heavy atom. The van der Waals surface area contributed by atoms with Gasteiger partial charge in [0, 0.05) is 13.1 Å². The average molecular weight is 444 g/mol. The normalized spacial score (nSPS) is 12.3. The lowest BCUT2D eigenvalue weighted by Crippen LogP contribution is -2.28. The van der Waals surface area contributed by atoms with E-state index in [1.165, 1.54) is 18.6 Å². The summed E-state index contributed by atoms with van der Waals surface area (Å²) in [4.78, 5) is 1.82. The maximum absolute atomic E-state index is 14.1. The minimum Gasteiger partial charge on any atom is -0.302 e. The van der Waals surface area contributed by atoms with Gasteiger partial charge in [-0.25, -0.2) is 25.9 Å². The molecule has 7 nitrogen and oxygen atoms in total. The Morgan fingerprint density at radius 2 is 1.72 bits per heavy atom. The lowest BCUT2D eigenvalue weighted by molar-refractivity contribution is 0.322. The number of halogens is 1.